The Kier molecular flexibility index (Phi) is 10.5. The highest BCUT2D eigenvalue weighted by Crippen LogP contribution is 2.35. The molecule has 0 amide bonds. The van der Waals surface area contributed by atoms with Crippen LogP contribution in [0.25, 0.3) is 0 Å². The van der Waals surface area contributed by atoms with Crippen LogP contribution in [0.15, 0.2) is 0 Å². The molecule has 1 aliphatic heterocycles. The average Bonchev–Trinajstić information content (AvgIpc) is 2.81. The van der Waals surface area contributed by atoms with Gasteiger partial charge in [-0.2, -0.15) is 5.26 Å². The van der Waals surface area contributed by atoms with E-state index in [1.165, 1.54) is 0 Å². The van der Waals surface area contributed by atoms with E-state index < -0.39 is 8.60 Å². The lowest BCUT2D eigenvalue weighted by molar-refractivity contribution is 0.0541. The van der Waals surface area contributed by atoms with E-state index >= 15 is 0 Å². The first-order chi connectivity index (χ1) is 9.17. The van der Waals surface area contributed by atoms with Crippen molar-refractivity contribution in [2.75, 3.05) is 17.6 Å². The molecule has 0 aromatic carbocycles. The highest BCUT2D eigenvalue weighted by Gasteiger charge is 2.29. The van der Waals surface area contributed by atoms with Gasteiger partial charge in [0.1, 0.15) is 4.11 Å². The predicted octanol–water partition coefficient (Wildman–Crippen LogP) is 3.53. The fourth-order valence-electron chi connectivity index (χ4n) is 1.82. The summed E-state index contributed by atoms with van der Waals surface area (Å²) in [5.41, 5.74) is 0. The second-order valence-corrected chi connectivity index (χ2v) is 7.44. The molecular formula is C11H18I2NO4P. The van der Waals surface area contributed by atoms with Crippen molar-refractivity contribution in [1.82, 2.24) is 0 Å². The molecule has 0 bridgehead atoms. The maximum Gasteiger partial charge on any atom is 0.329 e. The summed E-state index contributed by atoms with van der Waals surface area (Å²) in [6.07, 6.45) is 3.66. The van der Waals surface area contributed by atoms with E-state index in [2.05, 4.69) is 45.2 Å². The number of nitrogens with zero attached hydrogens (tertiary/aromatic N) is 1. The molecule has 1 N–H and O–H groups in total. The SMILES string of the molecule is N#CCCOP(O)OCC[C@H](CI)C1CCC(I)O1. The molecule has 0 radical (unpaired) electrons. The van der Waals surface area contributed by atoms with Gasteiger partial charge in [0.15, 0.2) is 0 Å². The van der Waals surface area contributed by atoms with E-state index in [1.807, 2.05) is 6.07 Å². The van der Waals surface area contributed by atoms with Crippen LogP contribution >= 0.6 is 53.8 Å². The lowest BCUT2D eigenvalue weighted by Crippen LogP contribution is -2.23. The minimum atomic E-state index is -1.84. The van der Waals surface area contributed by atoms with Crippen molar-refractivity contribution < 1.29 is 18.7 Å². The lowest BCUT2D eigenvalue weighted by atomic mass is 9.99. The molecule has 0 aromatic rings. The minimum Gasteiger partial charge on any atom is -0.364 e. The van der Waals surface area contributed by atoms with Gasteiger partial charge >= 0.3 is 8.60 Å². The van der Waals surface area contributed by atoms with E-state index in [-0.39, 0.29) is 13.0 Å². The van der Waals surface area contributed by atoms with Gasteiger partial charge in [0.2, 0.25) is 0 Å². The standard InChI is InChI=1S/C11H18I2NO4P/c12-8-9(10-2-3-11(13)18-10)4-7-17-19(15)16-6-1-5-14/h9-11,15H,1-4,6-8H2/t9-,10?,11?,19?/m1/s1. The van der Waals surface area contributed by atoms with Crippen LogP contribution < -0.4 is 0 Å². The molecule has 110 valence electrons. The van der Waals surface area contributed by atoms with Crippen LogP contribution in [0.1, 0.15) is 25.7 Å². The average molecular weight is 513 g/mol. The van der Waals surface area contributed by atoms with E-state index in [0.717, 1.165) is 23.7 Å². The van der Waals surface area contributed by atoms with Crippen LogP contribution in [0, 0.1) is 17.2 Å². The number of hydrogen-bond acceptors (Lipinski definition) is 5. The Hall–Kier alpha value is 1.22. The van der Waals surface area contributed by atoms with Crippen molar-refractivity contribution in [3.8, 4) is 6.07 Å². The summed E-state index contributed by atoms with van der Waals surface area (Å²) in [5.74, 6) is 0.461. The van der Waals surface area contributed by atoms with Gasteiger partial charge in [-0.25, -0.2) is 0 Å². The smallest absolute Gasteiger partial charge is 0.329 e. The van der Waals surface area contributed by atoms with Gasteiger partial charge in [0.25, 0.3) is 0 Å². The highest BCUT2D eigenvalue weighted by molar-refractivity contribution is 14.1. The molecular weight excluding hydrogens is 495 g/mol. The predicted molar refractivity (Wildman–Crippen MR) is 90.2 cm³/mol. The quantitative estimate of drug-likeness (QED) is 0.221. The first-order valence-electron chi connectivity index (χ1n) is 6.14. The molecule has 19 heavy (non-hydrogen) atoms. The van der Waals surface area contributed by atoms with Gasteiger partial charge in [0.05, 0.1) is 31.8 Å². The third-order valence-corrected chi connectivity index (χ3v) is 5.69. The van der Waals surface area contributed by atoms with Crippen molar-refractivity contribution >= 4 is 53.8 Å². The number of rotatable bonds is 9. The van der Waals surface area contributed by atoms with E-state index in [4.69, 9.17) is 19.0 Å². The van der Waals surface area contributed by atoms with Crippen LogP contribution in [-0.4, -0.2) is 32.7 Å². The maximum absolute atomic E-state index is 9.45. The van der Waals surface area contributed by atoms with E-state index in [1.54, 1.807) is 0 Å². The Labute approximate surface area is 142 Å². The molecule has 3 unspecified atom stereocenters. The third-order valence-electron chi connectivity index (χ3n) is 2.83. The van der Waals surface area contributed by atoms with Crippen LogP contribution in [0.4, 0.5) is 0 Å². The molecule has 1 rings (SSSR count). The van der Waals surface area contributed by atoms with Crippen molar-refractivity contribution in [3.05, 3.63) is 0 Å². The summed E-state index contributed by atoms with van der Waals surface area (Å²) >= 11 is 4.69. The van der Waals surface area contributed by atoms with Gasteiger partial charge in [-0.15, -0.1) is 0 Å². The first-order valence-corrected chi connectivity index (χ1v) is 10.0. The third kappa shape index (κ3) is 7.69. The van der Waals surface area contributed by atoms with Crippen molar-refractivity contribution in [2.24, 2.45) is 5.92 Å². The molecule has 1 fully saturated rings. The summed E-state index contributed by atoms with van der Waals surface area (Å²) < 4.78 is 17.4. The number of ether oxygens (including phenoxy) is 1. The Morgan fingerprint density at radius 3 is 2.74 bits per heavy atom. The van der Waals surface area contributed by atoms with Gasteiger partial charge < -0.3 is 18.7 Å². The fourth-order valence-corrected chi connectivity index (χ4v) is 4.15. The molecule has 0 spiro atoms. The molecule has 5 nitrogen and oxygen atoms in total. The van der Waals surface area contributed by atoms with Gasteiger partial charge in [-0.3, -0.25) is 0 Å². The zero-order chi connectivity index (χ0) is 14.1. The summed E-state index contributed by atoms with van der Waals surface area (Å²) in [4.78, 5) is 9.45. The molecule has 0 aliphatic carbocycles. The molecule has 1 heterocycles. The highest BCUT2D eigenvalue weighted by atomic mass is 127. The Morgan fingerprint density at radius 2 is 2.16 bits per heavy atom. The number of alkyl halides is 2. The monoisotopic (exact) mass is 513 g/mol. The summed E-state index contributed by atoms with van der Waals surface area (Å²) in [6, 6.07) is 1.95. The Bertz CT molecular complexity index is 292. The van der Waals surface area contributed by atoms with E-state index in [9.17, 15) is 4.89 Å². The zero-order valence-electron chi connectivity index (χ0n) is 10.5. The molecule has 4 atom stereocenters. The lowest BCUT2D eigenvalue weighted by Gasteiger charge is -2.21. The zero-order valence-corrected chi connectivity index (χ0v) is 15.7. The van der Waals surface area contributed by atoms with Crippen LogP contribution in [0.5, 0.6) is 0 Å². The molecule has 1 aliphatic rings. The van der Waals surface area contributed by atoms with Crippen molar-refractivity contribution in [1.29, 1.82) is 5.26 Å². The summed E-state index contributed by atoms with van der Waals surface area (Å²) in [7, 11) is -1.84. The molecule has 8 heteroatoms. The van der Waals surface area contributed by atoms with E-state index in [0.29, 0.717) is 22.7 Å². The molecule has 1 saturated heterocycles. The number of nitriles is 1. The largest absolute Gasteiger partial charge is 0.364 e. The second kappa shape index (κ2) is 10.9. The first kappa shape index (κ1) is 18.3. The number of halogens is 2. The summed E-state index contributed by atoms with van der Waals surface area (Å²) in [6.45, 7) is 0.685. The topological polar surface area (TPSA) is 71.7 Å². The minimum absolute atomic E-state index is 0.219. The van der Waals surface area contributed by atoms with Gasteiger partial charge in [0, 0.05) is 4.43 Å². The Balaban J connectivity index is 2.14. The second-order valence-electron chi connectivity index (χ2n) is 4.18. The van der Waals surface area contributed by atoms with Crippen LogP contribution in [0.3, 0.4) is 0 Å². The Morgan fingerprint density at radius 1 is 1.42 bits per heavy atom. The van der Waals surface area contributed by atoms with Crippen LogP contribution in [-0.2, 0) is 13.8 Å². The van der Waals surface area contributed by atoms with Gasteiger partial charge in [-0.05, 0) is 25.2 Å². The van der Waals surface area contributed by atoms with Gasteiger partial charge in [-0.1, -0.05) is 45.2 Å². The molecule has 0 aromatic heterocycles. The summed E-state index contributed by atoms with van der Waals surface area (Å²) in [5, 5.41) is 8.34. The maximum atomic E-state index is 9.45. The number of hydrogen-bond donors (Lipinski definition) is 1. The van der Waals surface area contributed by atoms with Crippen molar-refractivity contribution in [2.45, 2.75) is 35.9 Å². The molecule has 0 saturated carbocycles. The fraction of sp³-hybridized carbons (Fsp3) is 0.909. The normalized spacial score (nSPS) is 26.0. The van der Waals surface area contributed by atoms with Crippen LogP contribution in [0.2, 0.25) is 0 Å². The van der Waals surface area contributed by atoms with Crippen molar-refractivity contribution in [3.63, 3.8) is 0 Å².